The molecule has 1 aliphatic rings. The third-order valence-electron chi connectivity index (χ3n) is 3.12. The van der Waals surface area contributed by atoms with E-state index in [4.69, 9.17) is 4.74 Å². The van der Waals surface area contributed by atoms with Gasteiger partial charge in [0.2, 0.25) is 0 Å². The zero-order chi connectivity index (χ0) is 11.2. The van der Waals surface area contributed by atoms with Crippen LogP contribution in [-0.4, -0.2) is 28.7 Å². The molecule has 90 valence electrons. The molecule has 4 heteroatoms. The van der Waals surface area contributed by atoms with E-state index >= 15 is 0 Å². The molecule has 1 N–H and O–H groups in total. The summed E-state index contributed by atoms with van der Waals surface area (Å²) in [6.07, 6.45) is 7.62. The number of hydrogen-bond donors (Lipinski definition) is 1. The average Bonchev–Trinajstić information content (AvgIpc) is 2.78. The Morgan fingerprint density at radius 2 is 2.50 bits per heavy atom. The summed E-state index contributed by atoms with van der Waals surface area (Å²) in [5.41, 5.74) is 1.17. The van der Waals surface area contributed by atoms with E-state index in [2.05, 4.69) is 21.8 Å². The van der Waals surface area contributed by atoms with Crippen molar-refractivity contribution in [1.29, 1.82) is 0 Å². The molecule has 4 nitrogen and oxygen atoms in total. The molecule has 1 fully saturated rings. The number of aryl methyl sites for hydroxylation is 1. The Morgan fingerprint density at radius 1 is 1.56 bits per heavy atom. The van der Waals surface area contributed by atoms with Gasteiger partial charge < -0.3 is 14.6 Å². The van der Waals surface area contributed by atoms with E-state index in [1.807, 2.05) is 12.5 Å². The van der Waals surface area contributed by atoms with Crippen molar-refractivity contribution in [2.75, 3.05) is 13.2 Å². The summed E-state index contributed by atoms with van der Waals surface area (Å²) in [5.74, 6) is 0. The van der Waals surface area contributed by atoms with Crippen molar-refractivity contribution in [3.63, 3.8) is 0 Å². The Balaban J connectivity index is 1.71. The maximum atomic E-state index is 5.74. The summed E-state index contributed by atoms with van der Waals surface area (Å²) >= 11 is 0. The maximum Gasteiger partial charge on any atom is 0.0948 e. The van der Waals surface area contributed by atoms with Crippen molar-refractivity contribution >= 4 is 0 Å². The van der Waals surface area contributed by atoms with Gasteiger partial charge in [-0.1, -0.05) is 6.42 Å². The second kappa shape index (κ2) is 6.01. The normalized spacial score (nSPS) is 21.2. The fraction of sp³-hybridized carbons (Fsp3) is 0.750. The first-order valence-corrected chi connectivity index (χ1v) is 6.20. The molecule has 0 aromatic carbocycles. The summed E-state index contributed by atoms with van der Waals surface area (Å²) in [4.78, 5) is 4.13. The molecule has 2 rings (SSSR count). The fourth-order valence-electron chi connectivity index (χ4n) is 2.13. The van der Waals surface area contributed by atoms with Gasteiger partial charge in [0.05, 0.1) is 31.4 Å². The molecule has 0 bridgehead atoms. The summed E-state index contributed by atoms with van der Waals surface area (Å²) in [6, 6.07) is 0.548. The highest BCUT2D eigenvalue weighted by atomic mass is 16.5. The van der Waals surface area contributed by atoms with E-state index in [1.165, 1.54) is 25.0 Å². The topological polar surface area (TPSA) is 39.1 Å². The van der Waals surface area contributed by atoms with Crippen molar-refractivity contribution in [2.45, 2.75) is 45.4 Å². The Hall–Kier alpha value is -0.870. The lowest BCUT2D eigenvalue weighted by atomic mass is 10.1. The van der Waals surface area contributed by atoms with Gasteiger partial charge in [-0.15, -0.1) is 0 Å². The zero-order valence-corrected chi connectivity index (χ0v) is 9.98. The molecular formula is C12H21N3O. The van der Waals surface area contributed by atoms with E-state index in [1.54, 1.807) is 0 Å². The van der Waals surface area contributed by atoms with E-state index in [9.17, 15) is 0 Å². The van der Waals surface area contributed by atoms with Crippen molar-refractivity contribution < 1.29 is 4.74 Å². The highest BCUT2D eigenvalue weighted by molar-refractivity contribution is 4.96. The molecule has 0 amide bonds. The van der Waals surface area contributed by atoms with Crippen LogP contribution in [0.5, 0.6) is 0 Å². The quantitative estimate of drug-likeness (QED) is 0.823. The molecule has 1 unspecified atom stereocenters. The summed E-state index contributed by atoms with van der Waals surface area (Å²) < 4.78 is 7.86. The van der Waals surface area contributed by atoms with Crippen molar-refractivity contribution in [3.8, 4) is 0 Å². The second-order valence-corrected chi connectivity index (χ2v) is 4.33. The first kappa shape index (κ1) is 11.6. The van der Waals surface area contributed by atoms with Crippen LogP contribution in [0.2, 0.25) is 0 Å². The fourth-order valence-corrected chi connectivity index (χ4v) is 2.13. The molecular weight excluding hydrogens is 202 g/mol. The van der Waals surface area contributed by atoms with Crippen LogP contribution in [0.3, 0.4) is 0 Å². The molecule has 16 heavy (non-hydrogen) atoms. The second-order valence-electron chi connectivity index (χ2n) is 4.33. The zero-order valence-electron chi connectivity index (χ0n) is 9.98. The van der Waals surface area contributed by atoms with Crippen LogP contribution in [0, 0.1) is 0 Å². The lowest BCUT2D eigenvalue weighted by Gasteiger charge is -2.23. The third-order valence-corrected chi connectivity index (χ3v) is 3.12. The van der Waals surface area contributed by atoms with Crippen LogP contribution < -0.4 is 5.32 Å². The molecule has 1 aliphatic heterocycles. The first-order valence-electron chi connectivity index (χ1n) is 6.20. The van der Waals surface area contributed by atoms with Gasteiger partial charge >= 0.3 is 0 Å². The first-order chi connectivity index (χ1) is 7.90. The molecule has 1 atom stereocenters. The monoisotopic (exact) mass is 223 g/mol. The Labute approximate surface area is 97.0 Å². The highest BCUT2D eigenvalue weighted by Gasteiger charge is 2.12. The third kappa shape index (κ3) is 3.06. The summed E-state index contributed by atoms with van der Waals surface area (Å²) in [6.45, 7) is 5.70. The molecule has 1 aromatic heterocycles. The molecule has 0 saturated carbocycles. The number of piperidine rings is 1. The summed E-state index contributed by atoms with van der Waals surface area (Å²) in [5, 5.41) is 3.48. The average molecular weight is 223 g/mol. The van der Waals surface area contributed by atoms with Gasteiger partial charge in [0.25, 0.3) is 0 Å². The van der Waals surface area contributed by atoms with Gasteiger partial charge in [-0.3, -0.25) is 0 Å². The lowest BCUT2D eigenvalue weighted by Crippen LogP contribution is -2.37. The molecule has 1 aromatic rings. The molecule has 0 spiro atoms. The van der Waals surface area contributed by atoms with Crippen molar-refractivity contribution in [1.82, 2.24) is 14.9 Å². The van der Waals surface area contributed by atoms with Gasteiger partial charge in [0, 0.05) is 12.6 Å². The number of ether oxygens (including phenoxy) is 1. The Bertz CT molecular complexity index is 305. The van der Waals surface area contributed by atoms with Gasteiger partial charge in [0.15, 0.2) is 0 Å². The van der Waals surface area contributed by atoms with E-state index < -0.39 is 0 Å². The van der Waals surface area contributed by atoms with Crippen molar-refractivity contribution in [3.05, 3.63) is 18.2 Å². The molecule has 0 radical (unpaired) electrons. The van der Waals surface area contributed by atoms with Gasteiger partial charge in [0.1, 0.15) is 0 Å². The predicted octanol–water partition coefficient (Wildman–Crippen LogP) is 1.56. The number of aromatic nitrogens is 2. The minimum Gasteiger partial charge on any atom is -0.374 e. The van der Waals surface area contributed by atoms with Crippen LogP contribution in [0.15, 0.2) is 12.5 Å². The number of nitrogens with zero attached hydrogens (tertiary/aromatic N) is 2. The van der Waals surface area contributed by atoms with Crippen LogP contribution in [0.4, 0.5) is 0 Å². The highest BCUT2D eigenvalue weighted by Crippen LogP contribution is 2.08. The largest absolute Gasteiger partial charge is 0.374 e. The SMILES string of the molecule is CCn1cncc1COCC1CCCCN1. The van der Waals surface area contributed by atoms with Gasteiger partial charge in [-0.25, -0.2) is 4.98 Å². The van der Waals surface area contributed by atoms with Crippen LogP contribution >= 0.6 is 0 Å². The van der Waals surface area contributed by atoms with Gasteiger partial charge in [-0.05, 0) is 26.3 Å². The van der Waals surface area contributed by atoms with E-state index in [0.717, 1.165) is 19.7 Å². The maximum absolute atomic E-state index is 5.74. The molecule has 2 heterocycles. The van der Waals surface area contributed by atoms with Crippen LogP contribution in [-0.2, 0) is 17.9 Å². The van der Waals surface area contributed by atoms with E-state index in [-0.39, 0.29) is 0 Å². The molecule has 0 aliphatic carbocycles. The Kier molecular flexibility index (Phi) is 4.36. The lowest BCUT2D eigenvalue weighted by molar-refractivity contribution is 0.0872. The standard InChI is InChI=1S/C12H21N3O/c1-2-15-10-13-7-12(15)9-16-8-11-5-3-4-6-14-11/h7,10-11,14H,2-6,8-9H2,1H3. The number of nitrogens with one attached hydrogen (secondary N) is 1. The number of hydrogen-bond acceptors (Lipinski definition) is 3. The Morgan fingerprint density at radius 3 is 3.25 bits per heavy atom. The smallest absolute Gasteiger partial charge is 0.0948 e. The minimum absolute atomic E-state index is 0.548. The minimum atomic E-state index is 0.548. The predicted molar refractivity (Wildman–Crippen MR) is 63.2 cm³/mol. The van der Waals surface area contributed by atoms with Crippen LogP contribution in [0.1, 0.15) is 31.9 Å². The summed E-state index contributed by atoms with van der Waals surface area (Å²) in [7, 11) is 0. The van der Waals surface area contributed by atoms with Gasteiger partial charge in [-0.2, -0.15) is 0 Å². The number of imidazole rings is 1. The van der Waals surface area contributed by atoms with E-state index in [0.29, 0.717) is 12.6 Å². The molecule has 1 saturated heterocycles. The van der Waals surface area contributed by atoms with Crippen molar-refractivity contribution in [2.24, 2.45) is 0 Å². The number of rotatable bonds is 5. The van der Waals surface area contributed by atoms with Crippen LogP contribution in [0.25, 0.3) is 0 Å².